The largest absolute Gasteiger partial charge is 0.495 e. The molecule has 0 aliphatic rings. The summed E-state index contributed by atoms with van der Waals surface area (Å²) in [6.45, 7) is 2.07. The van der Waals surface area contributed by atoms with Gasteiger partial charge in [0.25, 0.3) is 0 Å². The predicted molar refractivity (Wildman–Crippen MR) is 83.3 cm³/mol. The average Bonchev–Trinajstić information content (AvgIpc) is 2.54. The molecule has 0 aliphatic carbocycles. The highest BCUT2D eigenvalue weighted by Crippen LogP contribution is 2.27. The van der Waals surface area contributed by atoms with Gasteiger partial charge in [-0.25, -0.2) is 0 Å². The number of aryl methyl sites for hydroxylation is 1. The highest BCUT2D eigenvalue weighted by atomic mass is 16.5. The van der Waals surface area contributed by atoms with Crippen molar-refractivity contribution in [1.82, 2.24) is 9.97 Å². The highest BCUT2D eigenvalue weighted by molar-refractivity contribution is 5.82. The Morgan fingerprint density at radius 3 is 2.76 bits per heavy atom. The van der Waals surface area contributed by atoms with Gasteiger partial charge in [-0.15, -0.1) is 0 Å². The van der Waals surface area contributed by atoms with Crippen molar-refractivity contribution < 1.29 is 4.74 Å². The first-order chi connectivity index (χ1) is 10.2. The second-order valence-electron chi connectivity index (χ2n) is 4.95. The van der Waals surface area contributed by atoms with Crippen molar-refractivity contribution in [1.29, 1.82) is 0 Å². The fourth-order valence-electron chi connectivity index (χ4n) is 2.48. The highest BCUT2D eigenvalue weighted by Gasteiger charge is 2.17. The number of benzene rings is 1. The lowest BCUT2D eigenvalue weighted by atomic mass is 10.0. The molecule has 0 radical (unpaired) electrons. The minimum Gasteiger partial charge on any atom is -0.495 e. The molecule has 4 heteroatoms. The lowest BCUT2D eigenvalue weighted by Gasteiger charge is -2.15. The molecule has 0 spiro atoms. The summed E-state index contributed by atoms with van der Waals surface area (Å²) < 4.78 is 5.34. The van der Waals surface area contributed by atoms with E-state index in [2.05, 4.69) is 23.0 Å². The van der Waals surface area contributed by atoms with Gasteiger partial charge in [0.1, 0.15) is 11.4 Å². The van der Waals surface area contributed by atoms with Gasteiger partial charge in [0.2, 0.25) is 0 Å². The first-order valence-corrected chi connectivity index (χ1v) is 6.81. The number of rotatable bonds is 3. The summed E-state index contributed by atoms with van der Waals surface area (Å²) in [7, 11) is 1.62. The molecule has 0 saturated carbocycles. The SMILES string of the molecule is COc1cccnc1C(N)c1cc(C)c2ccccc2n1. The lowest BCUT2D eigenvalue weighted by Crippen LogP contribution is -2.16. The molecule has 0 bridgehead atoms. The number of pyridine rings is 2. The number of aromatic nitrogens is 2. The second kappa shape index (κ2) is 5.50. The lowest BCUT2D eigenvalue weighted by molar-refractivity contribution is 0.404. The third kappa shape index (κ3) is 2.45. The molecule has 4 nitrogen and oxygen atoms in total. The van der Waals surface area contributed by atoms with Crippen LogP contribution in [0, 0.1) is 6.92 Å². The molecule has 0 aliphatic heterocycles. The number of nitrogens with two attached hydrogens (primary N) is 1. The molecule has 3 aromatic rings. The van der Waals surface area contributed by atoms with Gasteiger partial charge in [0.15, 0.2) is 0 Å². The summed E-state index contributed by atoms with van der Waals surface area (Å²) in [6.07, 6.45) is 1.71. The minimum absolute atomic E-state index is 0.413. The van der Waals surface area contributed by atoms with Gasteiger partial charge in [-0.1, -0.05) is 18.2 Å². The van der Waals surface area contributed by atoms with E-state index in [1.54, 1.807) is 13.3 Å². The summed E-state index contributed by atoms with van der Waals surface area (Å²) in [4.78, 5) is 9.01. The molecule has 1 unspecified atom stereocenters. The van der Waals surface area contributed by atoms with Crippen molar-refractivity contribution >= 4 is 10.9 Å². The quantitative estimate of drug-likeness (QED) is 0.800. The molecule has 2 heterocycles. The Hall–Kier alpha value is -2.46. The van der Waals surface area contributed by atoms with Gasteiger partial charge in [0, 0.05) is 11.6 Å². The number of ether oxygens (including phenoxy) is 1. The van der Waals surface area contributed by atoms with E-state index in [4.69, 9.17) is 10.5 Å². The Kier molecular flexibility index (Phi) is 3.54. The Bertz CT molecular complexity index is 786. The molecule has 0 saturated heterocycles. The van der Waals surface area contributed by atoms with Crippen molar-refractivity contribution in [2.24, 2.45) is 5.73 Å². The van der Waals surface area contributed by atoms with Gasteiger partial charge < -0.3 is 10.5 Å². The summed E-state index contributed by atoms with van der Waals surface area (Å²) in [5, 5.41) is 1.14. The zero-order chi connectivity index (χ0) is 14.8. The predicted octanol–water partition coefficient (Wildman–Crippen LogP) is 2.99. The first kappa shape index (κ1) is 13.5. The van der Waals surface area contributed by atoms with Crippen LogP contribution < -0.4 is 10.5 Å². The van der Waals surface area contributed by atoms with E-state index in [-0.39, 0.29) is 0 Å². The maximum absolute atomic E-state index is 6.35. The van der Waals surface area contributed by atoms with E-state index in [0.29, 0.717) is 11.4 Å². The molecule has 3 rings (SSSR count). The van der Waals surface area contributed by atoms with Crippen LogP contribution in [0.4, 0.5) is 0 Å². The van der Waals surface area contributed by atoms with Crippen LogP contribution in [0.3, 0.4) is 0 Å². The monoisotopic (exact) mass is 279 g/mol. The van der Waals surface area contributed by atoms with Crippen LogP contribution in [0.1, 0.15) is 23.0 Å². The van der Waals surface area contributed by atoms with Gasteiger partial charge in [-0.3, -0.25) is 9.97 Å². The first-order valence-electron chi connectivity index (χ1n) is 6.81. The van der Waals surface area contributed by atoms with Crippen LogP contribution in [0.5, 0.6) is 5.75 Å². The van der Waals surface area contributed by atoms with Gasteiger partial charge >= 0.3 is 0 Å². The number of nitrogens with zero attached hydrogens (tertiary/aromatic N) is 2. The zero-order valence-electron chi connectivity index (χ0n) is 12.1. The topological polar surface area (TPSA) is 61.0 Å². The molecule has 106 valence electrons. The van der Waals surface area contributed by atoms with E-state index >= 15 is 0 Å². The number of fused-ring (bicyclic) bond motifs is 1. The minimum atomic E-state index is -0.413. The smallest absolute Gasteiger partial charge is 0.142 e. The fraction of sp³-hybridized carbons (Fsp3) is 0.176. The standard InChI is InChI=1S/C17H17N3O/c1-11-10-14(20-13-7-4-3-6-12(11)13)16(18)17-15(21-2)8-5-9-19-17/h3-10,16H,18H2,1-2H3. The molecular weight excluding hydrogens is 262 g/mol. The average molecular weight is 279 g/mol. The van der Waals surface area contributed by atoms with Crippen molar-refractivity contribution in [2.75, 3.05) is 7.11 Å². The number of para-hydroxylation sites is 1. The number of methoxy groups -OCH3 is 1. The third-order valence-electron chi connectivity index (χ3n) is 3.58. The van der Waals surface area contributed by atoms with Gasteiger partial charge in [0.05, 0.1) is 24.4 Å². The van der Waals surface area contributed by atoms with Crippen LogP contribution in [-0.4, -0.2) is 17.1 Å². The van der Waals surface area contributed by atoms with Crippen molar-refractivity contribution in [2.45, 2.75) is 13.0 Å². The van der Waals surface area contributed by atoms with Crippen molar-refractivity contribution in [3.63, 3.8) is 0 Å². The second-order valence-corrected chi connectivity index (χ2v) is 4.95. The van der Waals surface area contributed by atoms with E-state index < -0.39 is 6.04 Å². The maximum Gasteiger partial charge on any atom is 0.142 e. The summed E-state index contributed by atoms with van der Waals surface area (Å²) in [5.74, 6) is 0.678. The Labute approximate surface area is 123 Å². The van der Waals surface area contributed by atoms with E-state index in [0.717, 1.165) is 22.2 Å². The normalized spacial score (nSPS) is 12.3. The fourth-order valence-corrected chi connectivity index (χ4v) is 2.48. The summed E-state index contributed by atoms with van der Waals surface area (Å²) in [6, 6.07) is 13.3. The van der Waals surface area contributed by atoms with E-state index in [1.165, 1.54) is 0 Å². The molecule has 2 N–H and O–H groups in total. The van der Waals surface area contributed by atoms with Crippen LogP contribution in [0.2, 0.25) is 0 Å². The molecule has 1 aromatic carbocycles. The number of hydrogen-bond donors (Lipinski definition) is 1. The van der Waals surface area contributed by atoms with E-state index in [1.807, 2.05) is 36.4 Å². The summed E-state index contributed by atoms with van der Waals surface area (Å²) in [5.41, 5.74) is 9.93. The third-order valence-corrected chi connectivity index (χ3v) is 3.58. The Morgan fingerprint density at radius 1 is 1.14 bits per heavy atom. The maximum atomic E-state index is 6.35. The summed E-state index contributed by atoms with van der Waals surface area (Å²) >= 11 is 0. The van der Waals surface area contributed by atoms with Crippen LogP contribution in [0.25, 0.3) is 10.9 Å². The molecule has 21 heavy (non-hydrogen) atoms. The molecular formula is C17H17N3O. The molecule has 0 fully saturated rings. The van der Waals surface area contributed by atoms with Crippen molar-refractivity contribution in [3.8, 4) is 5.75 Å². The van der Waals surface area contributed by atoms with Crippen LogP contribution in [0.15, 0.2) is 48.7 Å². The molecule has 0 amide bonds. The zero-order valence-corrected chi connectivity index (χ0v) is 12.1. The number of hydrogen-bond acceptors (Lipinski definition) is 4. The molecule has 1 atom stereocenters. The van der Waals surface area contributed by atoms with Gasteiger partial charge in [-0.2, -0.15) is 0 Å². The molecule has 2 aromatic heterocycles. The van der Waals surface area contributed by atoms with Gasteiger partial charge in [-0.05, 0) is 36.8 Å². The van der Waals surface area contributed by atoms with Crippen LogP contribution >= 0.6 is 0 Å². The van der Waals surface area contributed by atoms with Crippen LogP contribution in [-0.2, 0) is 0 Å². The Balaban J connectivity index is 2.11. The van der Waals surface area contributed by atoms with Crippen molar-refractivity contribution in [3.05, 3.63) is 65.6 Å². The Morgan fingerprint density at radius 2 is 1.95 bits per heavy atom. The van der Waals surface area contributed by atoms with E-state index in [9.17, 15) is 0 Å².